The minimum absolute atomic E-state index is 0.0992. The van der Waals surface area contributed by atoms with Crippen molar-refractivity contribution < 1.29 is 15.1 Å². The number of rotatable bonds is 6. The summed E-state index contributed by atoms with van der Waals surface area (Å²) < 4.78 is 0. The highest BCUT2D eigenvalue weighted by Crippen LogP contribution is 2.19. The molecule has 0 unspecified atom stereocenters. The predicted octanol–water partition coefficient (Wildman–Crippen LogP) is -0.0101. The lowest BCUT2D eigenvalue weighted by Crippen LogP contribution is -2.49. The molecule has 0 atom stereocenters. The molecule has 0 fully saturated rings. The number of nitrogens with two attached hydrogens (primary N) is 1. The van der Waals surface area contributed by atoms with E-state index in [0.717, 1.165) is 6.42 Å². The Morgan fingerprint density at radius 3 is 2.38 bits per heavy atom. The Hall–Kier alpha value is -1.30. The molecule has 1 amide bonds. The maximum atomic E-state index is 12.1. The number of nitrogens with zero attached hydrogens (tertiary/aromatic N) is 2. The first kappa shape index (κ1) is 14.7. The highest BCUT2D eigenvalue weighted by molar-refractivity contribution is 6.05. The van der Waals surface area contributed by atoms with Crippen molar-refractivity contribution in [1.29, 1.82) is 0 Å². The largest absolute Gasteiger partial charge is 0.409 e. The maximum Gasteiger partial charge on any atom is 0.236 e. The van der Waals surface area contributed by atoms with Crippen LogP contribution in [-0.2, 0) is 4.79 Å². The van der Waals surface area contributed by atoms with Gasteiger partial charge < -0.3 is 20.9 Å². The van der Waals surface area contributed by atoms with E-state index in [4.69, 9.17) is 16.0 Å². The molecule has 0 aromatic rings. The summed E-state index contributed by atoms with van der Waals surface area (Å²) in [5.41, 5.74) is 4.42. The second-order valence-electron chi connectivity index (χ2n) is 4.13. The van der Waals surface area contributed by atoms with E-state index in [2.05, 4.69) is 5.16 Å². The molecule has 0 saturated carbocycles. The van der Waals surface area contributed by atoms with Crippen molar-refractivity contribution in [3.05, 3.63) is 0 Å². The zero-order valence-corrected chi connectivity index (χ0v) is 10.1. The third-order valence-corrected chi connectivity index (χ3v) is 2.43. The van der Waals surface area contributed by atoms with Crippen LogP contribution in [0.3, 0.4) is 0 Å². The smallest absolute Gasteiger partial charge is 0.236 e. The van der Waals surface area contributed by atoms with Gasteiger partial charge in [0.15, 0.2) is 5.84 Å². The Kier molecular flexibility index (Phi) is 5.81. The van der Waals surface area contributed by atoms with Gasteiger partial charge in [0.1, 0.15) is 5.41 Å². The van der Waals surface area contributed by atoms with Gasteiger partial charge in [-0.3, -0.25) is 4.79 Å². The Morgan fingerprint density at radius 2 is 2.00 bits per heavy atom. The van der Waals surface area contributed by atoms with Crippen LogP contribution in [0.15, 0.2) is 5.16 Å². The summed E-state index contributed by atoms with van der Waals surface area (Å²) in [6.07, 6.45) is 0.790. The molecule has 0 radical (unpaired) electrons. The van der Waals surface area contributed by atoms with E-state index >= 15 is 0 Å². The predicted molar refractivity (Wildman–Crippen MR) is 61.1 cm³/mol. The molecule has 0 bridgehead atoms. The van der Waals surface area contributed by atoms with Crippen LogP contribution in [0.1, 0.15) is 27.2 Å². The second kappa shape index (κ2) is 6.32. The fourth-order valence-corrected chi connectivity index (χ4v) is 1.34. The number of hydrogen-bond donors (Lipinski definition) is 3. The molecule has 6 heteroatoms. The lowest BCUT2D eigenvalue weighted by atomic mass is 9.90. The first-order valence-electron chi connectivity index (χ1n) is 5.30. The summed E-state index contributed by atoms with van der Waals surface area (Å²) in [5, 5.41) is 20.3. The lowest BCUT2D eigenvalue weighted by molar-refractivity contribution is -0.137. The van der Waals surface area contributed by atoms with E-state index in [1.807, 2.05) is 6.92 Å². The average Bonchev–Trinajstić information content (AvgIpc) is 2.26. The number of aliphatic hydroxyl groups is 1. The van der Waals surface area contributed by atoms with Gasteiger partial charge in [0, 0.05) is 13.1 Å². The van der Waals surface area contributed by atoms with Gasteiger partial charge >= 0.3 is 0 Å². The van der Waals surface area contributed by atoms with Gasteiger partial charge in [0.25, 0.3) is 0 Å². The number of amides is 1. The van der Waals surface area contributed by atoms with Gasteiger partial charge in [0.2, 0.25) is 5.91 Å². The van der Waals surface area contributed by atoms with Crippen molar-refractivity contribution in [2.45, 2.75) is 27.2 Å². The zero-order valence-electron chi connectivity index (χ0n) is 10.1. The molecule has 0 spiro atoms. The van der Waals surface area contributed by atoms with E-state index in [-0.39, 0.29) is 24.9 Å². The molecular weight excluding hydrogens is 210 g/mol. The Labute approximate surface area is 95.7 Å². The first-order valence-corrected chi connectivity index (χ1v) is 5.30. The van der Waals surface area contributed by atoms with Crippen LogP contribution < -0.4 is 5.73 Å². The topological polar surface area (TPSA) is 99.2 Å². The van der Waals surface area contributed by atoms with E-state index in [0.29, 0.717) is 6.54 Å². The summed E-state index contributed by atoms with van der Waals surface area (Å²) in [5.74, 6) is -0.379. The quantitative estimate of drug-likeness (QED) is 0.259. The van der Waals surface area contributed by atoms with Crippen molar-refractivity contribution in [3.8, 4) is 0 Å². The number of aliphatic hydroxyl groups excluding tert-OH is 1. The van der Waals surface area contributed by atoms with Gasteiger partial charge in [-0.05, 0) is 20.3 Å². The van der Waals surface area contributed by atoms with Crippen LogP contribution in [0, 0.1) is 5.41 Å². The molecule has 4 N–H and O–H groups in total. The van der Waals surface area contributed by atoms with E-state index in [9.17, 15) is 4.79 Å². The number of oxime groups is 1. The number of hydrogen-bond acceptors (Lipinski definition) is 4. The van der Waals surface area contributed by atoms with E-state index in [1.165, 1.54) is 4.90 Å². The normalized spacial score (nSPS) is 12.6. The molecule has 0 aliphatic heterocycles. The third kappa shape index (κ3) is 3.37. The third-order valence-electron chi connectivity index (χ3n) is 2.43. The number of amidine groups is 1. The Morgan fingerprint density at radius 1 is 1.44 bits per heavy atom. The number of carbonyl (C=O) groups is 1. The van der Waals surface area contributed by atoms with Gasteiger partial charge in [-0.1, -0.05) is 12.1 Å². The fraction of sp³-hybridized carbons (Fsp3) is 0.800. The van der Waals surface area contributed by atoms with Crippen molar-refractivity contribution in [3.63, 3.8) is 0 Å². The van der Waals surface area contributed by atoms with Gasteiger partial charge in [-0.25, -0.2) is 0 Å². The molecular formula is C10H21N3O3. The van der Waals surface area contributed by atoms with Crippen LogP contribution in [0.4, 0.5) is 0 Å². The minimum Gasteiger partial charge on any atom is -0.409 e. The summed E-state index contributed by atoms with van der Waals surface area (Å²) in [6.45, 7) is 5.82. The molecule has 0 rings (SSSR count). The molecule has 0 aliphatic carbocycles. The summed E-state index contributed by atoms with van der Waals surface area (Å²) in [6, 6.07) is 0. The molecule has 0 saturated heterocycles. The highest BCUT2D eigenvalue weighted by atomic mass is 16.4. The van der Waals surface area contributed by atoms with Crippen molar-refractivity contribution in [2.24, 2.45) is 16.3 Å². The second-order valence-corrected chi connectivity index (χ2v) is 4.13. The molecule has 16 heavy (non-hydrogen) atoms. The number of carbonyl (C=O) groups excluding carboxylic acids is 1. The highest BCUT2D eigenvalue weighted by Gasteiger charge is 2.35. The summed E-state index contributed by atoms with van der Waals surface area (Å²) in [4.78, 5) is 13.6. The van der Waals surface area contributed by atoms with Crippen LogP contribution in [0.2, 0.25) is 0 Å². The molecule has 0 heterocycles. The molecule has 94 valence electrons. The zero-order chi connectivity index (χ0) is 12.8. The molecule has 0 aromatic heterocycles. The summed E-state index contributed by atoms with van der Waals surface area (Å²) >= 11 is 0. The SMILES string of the molecule is CCCN(CCO)C(=O)C(C)(C)C(N)=NO. The van der Waals surface area contributed by atoms with Crippen LogP contribution in [0.5, 0.6) is 0 Å². The van der Waals surface area contributed by atoms with Gasteiger partial charge in [-0.15, -0.1) is 0 Å². The van der Waals surface area contributed by atoms with Crippen LogP contribution in [-0.4, -0.2) is 46.7 Å². The fourth-order valence-electron chi connectivity index (χ4n) is 1.34. The van der Waals surface area contributed by atoms with E-state index < -0.39 is 5.41 Å². The maximum absolute atomic E-state index is 12.1. The minimum atomic E-state index is -1.06. The standard InChI is InChI=1S/C10H21N3O3/c1-4-5-13(6-7-14)9(15)10(2,3)8(11)12-16/h14,16H,4-7H2,1-3H3,(H2,11,12). The van der Waals surface area contributed by atoms with E-state index in [1.54, 1.807) is 13.8 Å². The molecule has 6 nitrogen and oxygen atoms in total. The van der Waals surface area contributed by atoms with Gasteiger partial charge in [-0.2, -0.15) is 0 Å². The first-order chi connectivity index (χ1) is 7.41. The monoisotopic (exact) mass is 231 g/mol. The lowest BCUT2D eigenvalue weighted by Gasteiger charge is -2.30. The van der Waals surface area contributed by atoms with Crippen molar-refractivity contribution in [1.82, 2.24) is 4.90 Å². The molecule has 0 aliphatic rings. The summed E-state index contributed by atoms with van der Waals surface area (Å²) in [7, 11) is 0. The van der Waals surface area contributed by atoms with Gasteiger partial charge in [0.05, 0.1) is 6.61 Å². The molecule has 0 aromatic carbocycles. The Bertz CT molecular complexity index is 258. The van der Waals surface area contributed by atoms with Crippen LogP contribution >= 0.6 is 0 Å². The van der Waals surface area contributed by atoms with Crippen LogP contribution in [0.25, 0.3) is 0 Å². The Balaban J connectivity index is 4.84. The van der Waals surface area contributed by atoms with Crippen molar-refractivity contribution >= 4 is 11.7 Å². The van der Waals surface area contributed by atoms with Crippen molar-refractivity contribution in [2.75, 3.05) is 19.7 Å². The average molecular weight is 231 g/mol.